The Kier molecular flexibility index (Phi) is 5.85. The van der Waals surface area contributed by atoms with Gasteiger partial charge in [0.05, 0.1) is 18.8 Å². The van der Waals surface area contributed by atoms with E-state index in [0.29, 0.717) is 13.0 Å². The summed E-state index contributed by atoms with van der Waals surface area (Å²) in [5, 5.41) is 9.61. The molecule has 1 aromatic carbocycles. The second-order valence-electron chi connectivity index (χ2n) is 4.00. The predicted molar refractivity (Wildman–Crippen MR) is 69.3 cm³/mol. The fourth-order valence-corrected chi connectivity index (χ4v) is 1.38. The van der Waals surface area contributed by atoms with E-state index in [-0.39, 0.29) is 23.5 Å². The number of rotatable bonds is 6. The van der Waals surface area contributed by atoms with Gasteiger partial charge < -0.3 is 14.6 Å². The number of benzene rings is 1. The van der Waals surface area contributed by atoms with Gasteiger partial charge in [0.15, 0.2) is 0 Å². The molecule has 0 aliphatic carbocycles. The second-order valence-corrected chi connectivity index (χ2v) is 4.00. The minimum absolute atomic E-state index is 0.0283. The molecule has 0 fully saturated rings. The van der Waals surface area contributed by atoms with Crippen LogP contribution in [0.25, 0.3) is 0 Å². The van der Waals surface area contributed by atoms with Crippen LogP contribution < -0.4 is 0 Å². The number of carbonyl (C=O) groups excluding carboxylic acids is 2. The van der Waals surface area contributed by atoms with Crippen LogP contribution in [-0.4, -0.2) is 30.3 Å². The zero-order chi connectivity index (χ0) is 14.3. The molecule has 0 radical (unpaired) electrons. The van der Waals surface area contributed by atoms with Crippen molar-refractivity contribution in [3.8, 4) is 5.75 Å². The quantitative estimate of drug-likeness (QED) is 0.801. The Morgan fingerprint density at radius 2 is 1.63 bits per heavy atom. The van der Waals surface area contributed by atoms with E-state index in [1.807, 2.05) is 13.8 Å². The highest BCUT2D eigenvalue weighted by Gasteiger charge is 2.16. The summed E-state index contributed by atoms with van der Waals surface area (Å²) < 4.78 is 9.88. The van der Waals surface area contributed by atoms with Gasteiger partial charge in [-0.2, -0.15) is 0 Å². The van der Waals surface area contributed by atoms with Crippen LogP contribution in [0.2, 0.25) is 0 Å². The Labute approximate surface area is 112 Å². The average Bonchev–Trinajstić information content (AvgIpc) is 2.42. The minimum Gasteiger partial charge on any atom is -0.507 e. The molecular formula is C14H18O5. The fourth-order valence-electron chi connectivity index (χ4n) is 1.38. The van der Waals surface area contributed by atoms with Gasteiger partial charge in [-0.1, -0.05) is 13.8 Å². The molecule has 0 aliphatic rings. The number of carbonyl (C=O) groups is 2. The molecule has 0 aromatic heterocycles. The average molecular weight is 266 g/mol. The monoisotopic (exact) mass is 266 g/mol. The topological polar surface area (TPSA) is 72.8 Å². The van der Waals surface area contributed by atoms with E-state index in [9.17, 15) is 14.7 Å². The molecule has 19 heavy (non-hydrogen) atoms. The van der Waals surface area contributed by atoms with E-state index < -0.39 is 11.9 Å². The summed E-state index contributed by atoms with van der Waals surface area (Å²) in [5.41, 5.74) is 0.189. The fraction of sp³-hybridized carbons (Fsp3) is 0.429. The Morgan fingerprint density at radius 3 is 2.21 bits per heavy atom. The highest BCUT2D eigenvalue weighted by molar-refractivity contribution is 5.97. The summed E-state index contributed by atoms with van der Waals surface area (Å²) in [5.74, 6) is -1.39. The van der Waals surface area contributed by atoms with E-state index in [4.69, 9.17) is 9.47 Å². The number of hydrogen-bond acceptors (Lipinski definition) is 5. The first-order chi connectivity index (χ1) is 9.10. The molecular weight excluding hydrogens is 248 g/mol. The number of aromatic hydroxyl groups is 1. The third-order valence-corrected chi connectivity index (χ3v) is 2.33. The van der Waals surface area contributed by atoms with Gasteiger partial charge in [0.25, 0.3) is 0 Å². The van der Waals surface area contributed by atoms with Gasteiger partial charge in [-0.15, -0.1) is 0 Å². The maximum absolute atomic E-state index is 11.7. The molecule has 1 N–H and O–H groups in total. The second kappa shape index (κ2) is 7.41. The number of phenolic OH excluding ortho intramolecular Hbond substituents is 1. The van der Waals surface area contributed by atoms with Gasteiger partial charge in [0, 0.05) is 0 Å². The lowest BCUT2D eigenvalue weighted by atomic mass is 10.1. The van der Waals surface area contributed by atoms with Gasteiger partial charge in [-0.05, 0) is 31.0 Å². The van der Waals surface area contributed by atoms with Crippen molar-refractivity contribution in [2.75, 3.05) is 13.2 Å². The Balaban J connectivity index is 2.87. The lowest BCUT2D eigenvalue weighted by Crippen LogP contribution is -2.10. The first kappa shape index (κ1) is 15.0. The molecule has 0 unspecified atom stereocenters. The number of esters is 2. The summed E-state index contributed by atoms with van der Waals surface area (Å²) in [6.07, 6.45) is 1.40. The Bertz CT molecular complexity index is 453. The number of phenols is 1. The molecule has 0 saturated heterocycles. The largest absolute Gasteiger partial charge is 0.507 e. The van der Waals surface area contributed by atoms with Crippen molar-refractivity contribution in [3.05, 3.63) is 29.3 Å². The van der Waals surface area contributed by atoms with Gasteiger partial charge in [0.2, 0.25) is 0 Å². The lowest BCUT2D eigenvalue weighted by Gasteiger charge is -2.07. The van der Waals surface area contributed by atoms with E-state index in [1.54, 1.807) is 0 Å². The van der Waals surface area contributed by atoms with Crippen LogP contribution in [0.4, 0.5) is 0 Å². The number of ether oxygens (including phenoxy) is 2. The summed E-state index contributed by atoms with van der Waals surface area (Å²) in [6, 6.07) is 3.97. The van der Waals surface area contributed by atoms with Crippen LogP contribution in [0, 0.1) is 0 Å². The molecule has 0 bridgehead atoms. The van der Waals surface area contributed by atoms with Crippen molar-refractivity contribution >= 4 is 11.9 Å². The van der Waals surface area contributed by atoms with Gasteiger partial charge in [-0.25, -0.2) is 9.59 Å². The summed E-state index contributed by atoms with van der Waals surface area (Å²) >= 11 is 0. The molecule has 0 aliphatic heterocycles. The van der Waals surface area contributed by atoms with Gasteiger partial charge in [-0.3, -0.25) is 0 Å². The first-order valence-corrected chi connectivity index (χ1v) is 6.27. The molecule has 5 heteroatoms. The van der Waals surface area contributed by atoms with Crippen molar-refractivity contribution in [3.63, 3.8) is 0 Å². The van der Waals surface area contributed by atoms with Crippen molar-refractivity contribution in [1.29, 1.82) is 0 Å². The third kappa shape index (κ3) is 4.28. The van der Waals surface area contributed by atoms with Crippen molar-refractivity contribution in [1.82, 2.24) is 0 Å². The van der Waals surface area contributed by atoms with E-state index in [1.165, 1.54) is 18.2 Å². The first-order valence-electron chi connectivity index (χ1n) is 6.27. The molecule has 0 heterocycles. The van der Waals surface area contributed by atoms with Crippen molar-refractivity contribution in [2.24, 2.45) is 0 Å². The molecule has 104 valence electrons. The highest BCUT2D eigenvalue weighted by atomic mass is 16.5. The summed E-state index contributed by atoms with van der Waals surface area (Å²) in [4.78, 5) is 23.3. The molecule has 0 atom stereocenters. The van der Waals surface area contributed by atoms with E-state index in [2.05, 4.69) is 0 Å². The predicted octanol–water partition coefficient (Wildman–Crippen LogP) is 2.53. The van der Waals surface area contributed by atoms with Crippen LogP contribution in [0.1, 0.15) is 47.4 Å². The standard InChI is InChI=1S/C14H18O5/c1-3-7-18-13(16)10-5-6-12(15)11(9-10)14(17)19-8-4-2/h5-6,9,15H,3-4,7-8H2,1-2H3. The SMILES string of the molecule is CCCOC(=O)c1ccc(O)c(C(=O)OCCC)c1. The Morgan fingerprint density at radius 1 is 1.05 bits per heavy atom. The molecule has 0 saturated carbocycles. The van der Waals surface area contributed by atoms with Crippen LogP contribution in [0.3, 0.4) is 0 Å². The zero-order valence-electron chi connectivity index (χ0n) is 11.1. The minimum atomic E-state index is -0.649. The van der Waals surface area contributed by atoms with Crippen LogP contribution in [-0.2, 0) is 9.47 Å². The van der Waals surface area contributed by atoms with Crippen LogP contribution in [0.5, 0.6) is 5.75 Å². The van der Waals surface area contributed by atoms with E-state index >= 15 is 0 Å². The molecule has 1 aromatic rings. The summed E-state index contributed by atoms with van der Waals surface area (Å²) in [7, 11) is 0. The van der Waals surface area contributed by atoms with Crippen molar-refractivity contribution < 1.29 is 24.2 Å². The van der Waals surface area contributed by atoms with E-state index in [0.717, 1.165) is 6.42 Å². The highest BCUT2D eigenvalue weighted by Crippen LogP contribution is 2.20. The lowest BCUT2D eigenvalue weighted by molar-refractivity contribution is 0.0501. The van der Waals surface area contributed by atoms with Crippen molar-refractivity contribution in [2.45, 2.75) is 26.7 Å². The van der Waals surface area contributed by atoms with Gasteiger partial charge >= 0.3 is 11.9 Å². The summed E-state index contributed by atoms with van der Waals surface area (Å²) in [6.45, 7) is 4.33. The van der Waals surface area contributed by atoms with Crippen LogP contribution in [0.15, 0.2) is 18.2 Å². The van der Waals surface area contributed by atoms with Crippen LogP contribution >= 0.6 is 0 Å². The maximum atomic E-state index is 11.7. The molecule has 0 amide bonds. The smallest absolute Gasteiger partial charge is 0.341 e. The molecule has 1 rings (SSSR count). The Hall–Kier alpha value is -2.04. The number of hydrogen-bond donors (Lipinski definition) is 1. The van der Waals surface area contributed by atoms with Gasteiger partial charge in [0.1, 0.15) is 11.3 Å². The zero-order valence-corrected chi connectivity index (χ0v) is 11.1. The normalized spacial score (nSPS) is 10.0. The third-order valence-electron chi connectivity index (χ3n) is 2.33. The molecule has 0 spiro atoms. The maximum Gasteiger partial charge on any atom is 0.341 e. The molecule has 5 nitrogen and oxygen atoms in total.